The average molecular weight is 1040 g/mol. The van der Waals surface area contributed by atoms with Crippen molar-refractivity contribution in [3.63, 3.8) is 0 Å². The smallest absolute Gasteiger partial charge is 0.123 e. The van der Waals surface area contributed by atoms with Gasteiger partial charge in [0.2, 0.25) is 0 Å². The molecule has 8 aromatic carbocycles. The number of para-hydroxylation sites is 2. The Morgan fingerprint density at radius 2 is 1.28 bits per heavy atom. The maximum atomic E-state index is 14.1. The van der Waals surface area contributed by atoms with Crippen molar-refractivity contribution in [3.8, 4) is 61.7 Å². The van der Waals surface area contributed by atoms with Crippen molar-refractivity contribution in [1.29, 1.82) is 0 Å². The minimum atomic E-state index is -1.23. The van der Waals surface area contributed by atoms with Crippen LogP contribution in [0.15, 0.2) is 199 Å². The molecule has 0 aliphatic rings. The molecule has 319 valence electrons. The Balaban J connectivity index is 0.000000266. The molecule has 0 bridgehead atoms. The molecule has 0 amide bonds. The number of halogens is 2. The molecule has 0 saturated carbocycles. The van der Waals surface area contributed by atoms with Crippen molar-refractivity contribution in [1.82, 2.24) is 14.5 Å². The second kappa shape index (κ2) is 18.2. The molecule has 4 nitrogen and oxygen atoms in total. The maximum absolute atomic E-state index is 14.1. The Labute approximate surface area is 391 Å². The van der Waals surface area contributed by atoms with Crippen molar-refractivity contribution in [2.75, 3.05) is 0 Å². The second-order valence-corrected chi connectivity index (χ2v) is 21.8. The first-order valence-electron chi connectivity index (χ1n) is 21.2. The number of pyridine rings is 1. The van der Waals surface area contributed by atoms with E-state index in [-0.39, 0.29) is 31.7 Å². The molecule has 11 rings (SSSR count). The number of nitrogens with zero attached hydrogens (tertiary/aromatic N) is 3. The molecular formula is C57H41F2IrN3OSi-2. The number of aromatic nitrogens is 3. The molecule has 8 heteroatoms. The van der Waals surface area contributed by atoms with Gasteiger partial charge in [-0.2, -0.15) is 0 Å². The van der Waals surface area contributed by atoms with Crippen LogP contribution in [0.1, 0.15) is 0 Å². The van der Waals surface area contributed by atoms with Gasteiger partial charge < -0.3 is 14.0 Å². The second-order valence-electron chi connectivity index (χ2n) is 16.7. The van der Waals surface area contributed by atoms with E-state index in [4.69, 9.17) is 9.40 Å². The fourth-order valence-electron chi connectivity index (χ4n) is 8.16. The molecule has 0 spiro atoms. The molecule has 0 saturated heterocycles. The quantitative estimate of drug-likeness (QED) is 0.118. The fourth-order valence-corrected chi connectivity index (χ4v) is 9.20. The molecule has 0 aliphatic heterocycles. The molecule has 0 fully saturated rings. The summed E-state index contributed by atoms with van der Waals surface area (Å²) in [6.07, 6.45) is 2.02. The molecule has 3 heterocycles. The van der Waals surface area contributed by atoms with Crippen molar-refractivity contribution in [3.05, 3.63) is 218 Å². The van der Waals surface area contributed by atoms with Crippen LogP contribution in [0.25, 0.3) is 94.7 Å². The number of fused-ring (bicyclic) bond motifs is 4. The molecule has 3 aromatic heterocycles. The topological polar surface area (TPSA) is 43.9 Å². The third-order valence-electron chi connectivity index (χ3n) is 11.5. The van der Waals surface area contributed by atoms with Crippen molar-refractivity contribution < 1.29 is 33.3 Å². The Morgan fingerprint density at radius 1 is 0.585 bits per heavy atom. The number of benzene rings is 8. The Bertz CT molecular complexity index is 3420. The number of hydrogen-bond donors (Lipinski definition) is 0. The van der Waals surface area contributed by atoms with Gasteiger partial charge in [0, 0.05) is 37.4 Å². The molecular weight excluding hydrogens is 1000 g/mol. The summed E-state index contributed by atoms with van der Waals surface area (Å²) >= 11 is 0. The third kappa shape index (κ3) is 8.76. The molecule has 0 aliphatic carbocycles. The predicted molar refractivity (Wildman–Crippen MR) is 260 cm³/mol. The zero-order valence-corrected chi connectivity index (χ0v) is 39.2. The summed E-state index contributed by atoms with van der Waals surface area (Å²) < 4.78 is 36.8. The van der Waals surface area contributed by atoms with E-state index in [1.807, 2.05) is 85.1 Å². The number of furan rings is 1. The van der Waals surface area contributed by atoms with E-state index in [2.05, 4.69) is 102 Å². The Hall–Kier alpha value is -7.09. The van der Waals surface area contributed by atoms with Gasteiger partial charge in [0.25, 0.3) is 0 Å². The molecule has 0 atom stereocenters. The van der Waals surface area contributed by atoms with Gasteiger partial charge in [-0.05, 0) is 105 Å². The summed E-state index contributed by atoms with van der Waals surface area (Å²) in [6.45, 7) is 7.00. The van der Waals surface area contributed by atoms with Crippen LogP contribution < -0.4 is 5.19 Å². The van der Waals surface area contributed by atoms with Crippen molar-refractivity contribution >= 4 is 46.2 Å². The minimum absolute atomic E-state index is 0. The largest absolute Gasteiger partial charge is 0.500 e. The van der Waals surface area contributed by atoms with Crippen LogP contribution in [0.3, 0.4) is 0 Å². The van der Waals surface area contributed by atoms with Crippen molar-refractivity contribution in [2.45, 2.75) is 19.6 Å². The summed E-state index contributed by atoms with van der Waals surface area (Å²) in [6, 6.07) is 66.5. The summed E-state index contributed by atoms with van der Waals surface area (Å²) in [7, 11) is -1.23. The minimum Gasteiger partial charge on any atom is -0.500 e. The van der Waals surface area contributed by atoms with Crippen LogP contribution in [-0.4, -0.2) is 22.6 Å². The van der Waals surface area contributed by atoms with Gasteiger partial charge in [-0.25, -0.2) is 8.78 Å². The fraction of sp³-hybridized carbons (Fsp3) is 0.0526. The monoisotopic (exact) mass is 1040 g/mol. The van der Waals surface area contributed by atoms with E-state index >= 15 is 0 Å². The third-order valence-corrected chi connectivity index (χ3v) is 13.5. The number of rotatable bonds is 7. The van der Waals surface area contributed by atoms with Crippen LogP contribution in [0.4, 0.5) is 8.78 Å². The summed E-state index contributed by atoms with van der Waals surface area (Å²) in [5, 5.41) is 3.18. The maximum Gasteiger partial charge on any atom is 0.123 e. The van der Waals surface area contributed by atoms with E-state index in [1.165, 1.54) is 29.5 Å². The Kier molecular flexibility index (Phi) is 12.1. The molecule has 0 N–H and O–H groups in total. The van der Waals surface area contributed by atoms with Gasteiger partial charge in [0.15, 0.2) is 0 Å². The van der Waals surface area contributed by atoms with Crippen LogP contribution in [0, 0.1) is 23.8 Å². The predicted octanol–water partition coefficient (Wildman–Crippen LogP) is 14.8. The first-order valence-corrected chi connectivity index (χ1v) is 24.7. The normalized spacial score (nSPS) is 11.3. The van der Waals surface area contributed by atoms with Crippen molar-refractivity contribution in [2.24, 2.45) is 0 Å². The van der Waals surface area contributed by atoms with Gasteiger partial charge in [-0.15, -0.1) is 54.1 Å². The van der Waals surface area contributed by atoms with Gasteiger partial charge in [-0.1, -0.05) is 122 Å². The van der Waals surface area contributed by atoms with Crippen LogP contribution >= 0.6 is 0 Å². The zero-order chi connectivity index (χ0) is 43.8. The van der Waals surface area contributed by atoms with E-state index in [0.717, 1.165) is 77.7 Å². The van der Waals surface area contributed by atoms with Crippen LogP contribution in [0.2, 0.25) is 19.6 Å². The van der Waals surface area contributed by atoms with Gasteiger partial charge in [0.05, 0.1) is 30.5 Å². The van der Waals surface area contributed by atoms with E-state index in [9.17, 15) is 8.78 Å². The van der Waals surface area contributed by atoms with E-state index < -0.39 is 8.07 Å². The van der Waals surface area contributed by atoms with Gasteiger partial charge in [-0.3, -0.25) is 4.98 Å². The number of hydrogen-bond acceptors (Lipinski definition) is 3. The summed E-state index contributed by atoms with van der Waals surface area (Å²) in [4.78, 5) is 9.66. The zero-order valence-electron chi connectivity index (χ0n) is 35.8. The van der Waals surface area contributed by atoms with Crippen LogP contribution in [-0.2, 0) is 20.1 Å². The molecule has 1 radical (unpaired) electrons. The first-order chi connectivity index (χ1) is 31.2. The molecule has 0 unspecified atom stereocenters. The van der Waals surface area contributed by atoms with E-state index in [0.29, 0.717) is 17.0 Å². The summed E-state index contributed by atoms with van der Waals surface area (Å²) in [5.74, 6) is 0.0849. The average Bonchev–Trinajstić information content (AvgIpc) is 3.92. The Morgan fingerprint density at radius 3 is 1.98 bits per heavy atom. The van der Waals surface area contributed by atoms with Crippen LogP contribution in [0.5, 0.6) is 0 Å². The van der Waals surface area contributed by atoms with E-state index in [1.54, 1.807) is 24.3 Å². The summed E-state index contributed by atoms with van der Waals surface area (Å²) in [5.41, 5.74) is 12.5. The standard InChI is InChI=1S/C43H25F2N2O.C14H16NSi.Ir/c44-32-20-16-28(17-21-32)31-25-37(29-18-22-33(45)23-19-29)41-35-12-7-13-36(42(35)48-40(41)26-31)43-46-38-14-4-5-15-39(38)47(43)34-11-6-10-30(24-34)27-8-2-1-3-9-27;1-16(2,3)13-9-10-14(15-11-13)12-7-5-4-6-8-12;/h1-12,14-26H;4-7,9-11H,1-3H3;/q2*-1;. The van der Waals surface area contributed by atoms with Gasteiger partial charge in [0.1, 0.15) is 17.2 Å². The van der Waals surface area contributed by atoms with Gasteiger partial charge >= 0.3 is 0 Å². The molecule has 11 aromatic rings. The number of imidazole rings is 1. The first kappa shape index (κ1) is 43.2. The molecule has 65 heavy (non-hydrogen) atoms. The SMILES string of the molecule is C[Si](C)(C)c1ccc(-c2[c-]cccc2)nc1.Fc1ccc(-c2cc(-c3ccc(F)cc3)c3c(c2)oc2c(-c4nc5ccccc5n4-c4cccc(-c5ccccc5)c4)[c-]ccc23)cc1.[Ir].